The summed E-state index contributed by atoms with van der Waals surface area (Å²) in [5, 5.41) is 6.56. The number of ether oxygens (including phenoxy) is 1. The summed E-state index contributed by atoms with van der Waals surface area (Å²) in [4.78, 5) is 6.55. The van der Waals surface area contributed by atoms with Crippen molar-refractivity contribution in [3.8, 4) is 5.75 Å². The summed E-state index contributed by atoms with van der Waals surface area (Å²) in [5.41, 5.74) is 1.21. The van der Waals surface area contributed by atoms with Crippen LogP contribution in [0.15, 0.2) is 29.3 Å². The average molecular weight is 320 g/mol. The fraction of sp³-hybridized carbons (Fsp3) is 0.611. The Labute approximate surface area is 141 Å². The van der Waals surface area contributed by atoms with Gasteiger partial charge in [-0.3, -0.25) is 4.99 Å². The summed E-state index contributed by atoms with van der Waals surface area (Å²) in [7, 11) is 1.79. The molecule has 0 aliphatic rings. The molecular formula is C18H32N4O. The van der Waals surface area contributed by atoms with E-state index < -0.39 is 0 Å². The maximum atomic E-state index is 5.80. The molecule has 0 aromatic heterocycles. The van der Waals surface area contributed by atoms with Crippen LogP contribution in [-0.2, 0) is 6.54 Å². The highest BCUT2D eigenvalue weighted by Gasteiger charge is 2.01. The van der Waals surface area contributed by atoms with Gasteiger partial charge in [0.05, 0.1) is 0 Å². The van der Waals surface area contributed by atoms with E-state index in [2.05, 4.69) is 53.4 Å². The Bertz CT molecular complexity index is 441. The molecule has 1 aromatic rings. The molecule has 0 aliphatic carbocycles. The zero-order valence-corrected chi connectivity index (χ0v) is 15.1. The number of nitrogens with zero attached hydrogens (tertiary/aromatic N) is 2. The van der Waals surface area contributed by atoms with Crippen LogP contribution >= 0.6 is 0 Å². The van der Waals surface area contributed by atoms with Gasteiger partial charge in [-0.2, -0.15) is 0 Å². The minimum Gasteiger partial charge on any atom is -0.492 e. The van der Waals surface area contributed by atoms with Gasteiger partial charge in [-0.25, -0.2) is 0 Å². The van der Waals surface area contributed by atoms with E-state index >= 15 is 0 Å². The fourth-order valence-corrected chi connectivity index (χ4v) is 2.19. The molecule has 5 nitrogen and oxygen atoms in total. The molecule has 0 saturated heterocycles. The first-order valence-electron chi connectivity index (χ1n) is 8.62. The van der Waals surface area contributed by atoms with E-state index in [9.17, 15) is 0 Å². The molecule has 130 valence electrons. The fourth-order valence-electron chi connectivity index (χ4n) is 2.19. The number of rotatable bonds is 10. The SMILES string of the molecule is CCCNC(=NC)NCc1ccc(OCCN(CC)CC)cc1. The Hall–Kier alpha value is -1.75. The Morgan fingerprint density at radius 2 is 1.78 bits per heavy atom. The minimum absolute atomic E-state index is 0.729. The normalized spacial score (nSPS) is 11.6. The van der Waals surface area contributed by atoms with Gasteiger partial charge >= 0.3 is 0 Å². The third-order valence-electron chi connectivity index (χ3n) is 3.72. The second-order valence-electron chi connectivity index (χ2n) is 5.37. The summed E-state index contributed by atoms with van der Waals surface area (Å²) in [6.07, 6.45) is 1.08. The summed E-state index contributed by atoms with van der Waals surface area (Å²) in [6, 6.07) is 8.24. The first-order chi connectivity index (χ1) is 11.2. The van der Waals surface area contributed by atoms with Crippen molar-refractivity contribution in [2.75, 3.05) is 39.8 Å². The van der Waals surface area contributed by atoms with Gasteiger partial charge in [-0.15, -0.1) is 0 Å². The van der Waals surface area contributed by atoms with Crippen LogP contribution in [-0.4, -0.2) is 50.7 Å². The number of aliphatic imine (C=N–C) groups is 1. The number of nitrogens with one attached hydrogen (secondary N) is 2. The number of hydrogen-bond donors (Lipinski definition) is 2. The lowest BCUT2D eigenvalue weighted by Gasteiger charge is -2.18. The van der Waals surface area contributed by atoms with E-state index in [-0.39, 0.29) is 0 Å². The van der Waals surface area contributed by atoms with Crippen molar-refractivity contribution in [1.29, 1.82) is 0 Å². The second kappa shape index (κ2) is 11.8. The molecule has 0 saturated carbocycles. The van der Waals surface area contributed by atoms with Crippen LogP contribution in [0.4, 0.5) is 0 Å². The summed E-state index contributed by atoms with van der Waals surface area (Å²) in [6.45, 7) is 12.0. The molecule has 0 bridgehead atoms. The van der Waals surface area contributed by atoms with Crippen molar-refractivity contribution < 1.29 is 4.74 Å². The van der Waals surface area contributed by atoms with E-state index in [1.807, 2.05) is 12.1 Å². The third kappa shape index (κ3) is 7.88. The van der Waals surface area contributed by atoms with E-state index in [1.165, 1.54) is 5.56 Å². The number of hydrogen-bond acceptors (Lipinski definition) is 3. The van der Waals surface area contributed by atoms with Crippen LogP contribution < -0.4 is 15.4 Å². The standard InChI is InChI=1S/C18H32N4O/c1-5-12-20-18(19-4)21-15-16-8-10-17(11-9-16)23-14-13-22(6-2)7-3/h8-11H,5-7,12-15H2,1-4H3,(H2,19,20,21). The molecule has 1 rings (SSSR count). The number of guanidine groups is 1. The van der Waals surface area contributed by atoms with Gasteiger partial charge in [-0.05, 0) is 37.2 Å². The van der Waals surface area contributed by atoms with Gasteiger partial charge in [0.15, 0.2) is 5.96 Å². The predicted octanol–water partition coefficient (Wildman–Crippen LogP) is 2.48. The Morgan fingerprint density at radius 3 is 2.35 bits per heavy atom. The van der Waals surface area contributed by atoms with Crippen LogP contribution in [0.1, 0.15) is 32.8 Å². The van der Waals surface area contributed by atoms with Gasteiger partial charge < -0.3 is 20.3 Å². The van der Waals surface area contributed by atoms with Crippen LogP contribution in [0.2, 0.25) is 0 Å². The monoisotopic (exact) mass is 320 g/mol. The lowest BCUT2D eigenvalue weighted by Crippen LogP contribution is -2.37. The first-order valence-corrected chi connectivity index (χ1v) is 8.62. The van der Waals surface area contributed by atoms with Crippen molar-refractivity contribution in [1.82, 2.24) is 15.5 Å². The van der Waals surface area contributed by atoms with Crippen molar-refractivity contribution in [3.05, 3.63) is 29.8 Å². The predicted molar refractivity (Wildman–Crippen MR) is 98.2 cm³/mol. The third-order valence-corrected chi connectivity index (χ3v) is 3.72. The van der Waals surface area contributed by atoms with E-state index in [0.29, 0.717) is 0 Å². The Balaban J connectivity index is 2.35. The summed E-state index contributed by atoms with van der Waals surface area (Å²) < 4.78 is 5.80. The molecule has 0 amide bonds. The van der Waals surface area contributed by atoms with Crippen LogP contribution in [0, 0.1) is 0 Å². The van der Waals surface area contributed by atoms with E-state index in [4.69, 9.17) is 4.74 Å². The Morgan fingerprint density at radius 1 is 1.09 bits per heavy atom. The second-order valence-corrected chi connectivity index (χ2v) is 5.37. The highest BCUT2D eigenvalue weighted by molar-refractivity contribution is 5.79. The van der Waals surface area contributed by atoms with Gasteiger partial charge in [0.25, 0.3) is 0 Å². The number of likely N-dealkylation sites (N-methyl/N-ethyl adjacent to an activating group) is 1. The van der Waals surface area contributed by atoms with Gasteiger partial charge in [0, 0.05) is 26.7 Å². The Kier molecular flexibility index (Phi) is 9.87. The number of benzene rings is 1. The molecule has 0 fully saturated rings. The first kappa shape index (κ1) is 19.3. The van der Waals surface area contributed by atoms with Crippen LogP contribution in [0.5, 0.6) is 5.75 Å². The maximum absolute atomic E-state index is 5.80. The molecule has 0 unspecified atom stereocenters. The smallest absolute Gasteiger partial charge is 0.191 e. The molecule has 0 heterocycles. The quantitative estimate of drug-likeness (QED) is 0.514. The highest BCUT2D eigenvalue weighted by atomic mass is 16.5. The lowest BCUT2D eigenvalue weighted by molar-refractivity contribution is 0.223. The lowest BCUT2D eigenvalue weighted by atomic mass is 10.2. The molecule has 0 radical (unpaired) electrons. The van der Waals surface area contributed by atoms with Crippen molar-refractivity contribution in [3.63, 3.8) is 0 Å². The zero-order valence-electron chi connectivity index (χ0n) is 15.1. The topological polar surface area (TPSA) is 48.9 Å². The van der Waals surface area contributed by atoms with E-state index in [1.54, 1.807) is 7.05 Å². The highest BCUT2D eigenvalue weighted by Crippen LogP contribution is 2.12. The summed E-state index contributed by atoms with van der Waals surface area (Å²) >= 11 is 0. The molecule has 23 heavy (non-hydrogen) atoms. The molecule has 0 atom stereocenters. The molecule has 1 aromatic carbocycles. The van der Waals surface area contributed by atoms with Gasteiger partial charge in [0.2, 0.25) is 0 Å². The van der Waals surface area contributed by atoms with Crippen LogP contribution in [0.3, 0.4) is 0 Å². The van der Waals surface area contributed by atoms with Crippen molar-refractivity contribution >= 4 is 5.96 Å². The van der Waals surface area contributed by atoms with Crippen molar-refractivity contribution in [2.45, 2.75) is 33.7 Å². The van der Waals surface area contributed by atoms with Gasteiger partial charge in [0.1, 0.15) is 12.4 Å². The minimum atomic E-state index is 0.729. The van der Waals surface area contributed by atoms with Gasteiger partial charge in [-0.1, -0.05) is 32.9 Å². The molecule has 0 aliphatic heterocycles. The average Bonchev–Trinajstić information content (AvgIpc) is 2.60. The summed E-state index contributed by atoms with van der Waals surface area (Å²) in [5.74, 6) is 1.76. The maximum Gasteiger partial charge on any atom is 0.191 e. The molecule has 5 heteroatoms. The molecule has 0 spiro atoms. The van der Waals surface area contributed by atoms with E-state index in [0.717, 1.165) is 57.5 Å². The van der Waals surface area contributed by atoms with Crippen molar-refractivity contribution in [2.24, 2.45) is 4.99 Å². The molecule has 2 N–H and O–H groups in total. The van der Waals surface area contributed by atoms with Crippen LogP contribution in [0.25, 0.3) is 0 Å². The molecular weight excluding hydrogens is 288 g/mol. The zero-order chi connectivity index (χ0) is 16.9. The largest absolute Gasteiger partial charge is 0.492 e.